The number of hydrogen-bond donors (Lipinski definition) is 0. The van der Waals surface area contributed by atoms with E-state index >= 15 is 0 Å². The first-order chi connectivity index (χ1) is 19.6. The molecule has 0 fully saturated rings. The van der Waals surface area contributed by atoms with Crippen LogP contribution in [-0.4, -0.2) is 31.5 Å². The molecule has 1 atom stereocenters. The lowest BCUT2D eigenvalue weighted by Crippen LogP contribution is -2.26. The van der Waals surface area contributed by atoms with E-state index in [4.69, 9.17) is 13.9 Å². The summed E-state index contributed by atoms with van der Waals surface area (Å²) in [5.41, 5.74) is -0.0110. The number of esters is 1. The van der Waals surface area contributed by atoms with Crippen LogP contribution in [0.5, 0.6) is 5.75 Å². The lowest BCUT2D eigenvalue weighted by molar-refractivity contribution is -0.158. The van der Waals surface area contributed by atoms with Crippen LogP contribution >= 0.6 is 0 Å². The van der Waals surface area contributed by atoms with Gasteiger partial charge in [0.05, 0.1) is 31.6 Å². The highest BCUT2D eigenvalue weighted by Gasteiger charge is 2.33. The van der Waals surface area contributed by atoms with Crippen LogP contribution in [-0.2, 0) is 22.4 Å². The topological polar surface area (TPSA) is 65.7 Å². The maximum absolute atomic E-state index is 13.4. The molecular weight excluding hydrogens is 566 g/mol. The third-order valence-corrected chi connectivity index (χ3v) is 6.43. The van der Waals surface area contributed by atoms with Gasteiger partial charge in [-0.05, 0) is 54.7 Å². The average Bonchev–Trinajstić information content (AvgIpc) is 2.88. The van der Waals surface area contributed by atoms with E-state index in [2.05, 4.69) is 6.58 Å². The van der Waals surface area contributed by atoms with Crippen molar-refractivity contribution in [3.63, 3.8) is 0 Å². The summed E-state index contributed by atoms with van der Waals surface area (Å²) in [4.78, 5) is 24.5. The number of carbonyl (C=O) groups is 1. The normalized spacial score (nSPS) is 12.8. The Labute approximate surface area is 239 Å². The molecule has 0 spiro atoms. The molecule has 11 heteroatoms. The summed E-state index contributed by atoms with van der Waals surface area (Å²) < 4.78 is 95.1. The van der Waals surface area contributed by atoms with Crippen LogP contribution in [0.15, 0.2) is 63.8 Å². The van der Waals surface area contributed by atoms with Gasteiger partial charge in [0.15, 0.2) is 0 Å². The van der Waals surface area contributed by atoms with Gasteiger partial charge in [0.2, 0.25) is 0 Å². The van der Waals surface area contributed by atoms with E-state index in [1.165, 1.54) is 43.3 Å². The third kappa shape index (κ3) is 9.95. The first-order valence-electron chi connectivity index (χ1n) is 13.4. The Bertz CT molecular complexity index is 1450. The summed E-state index contributed by atoms with van der Waals surface area (Å²) in [6.07, 6.45) is -8.13. The molecule has 0 N–H and O–H groups in total. The van der Waals surface area contributed by atoms with E-state index in [1.54, 1.807) is 6.07 Å². The zero-order chi connectivity index (χ0) is 31.1. The van der Waals surface area contributed by atoms with Crippen molar-refractivity contribution in [3.05, 3.63) is 76.2 Å². The van der Waals surface area contributed by atoms with E-state index < -0.39 is 55.9 Å². The van der Waals surface area contributed by atoms with Gasteiger partial charge in [0, 0.05) is 22.9 Å². The van der Waals surface area contributed by atoms with Gasteiger partial charge in [-0.1, -0.05) is 44.5 Å². The molecule has 228 valence electrons. The molecule has 1 heterocycles. The van der Waals surface area contributed by atoms with Gasteiger partial charge in [-0.3, -0.25) is 0 Å². The molecule has 3 rings (SSSR count). The average molecular weight is 599 g/mol. The summed E-state index contributed by atoms with van der Waals surface area (Å²) in [7, 11) is 0. The Balaban J connectivity index is 1.86. The summed E-state index contributed by atoms with van der Waals surface area (Å²) >= 11 is 0. The zero-order valence-electron chi connectivity index (χ0n) is 23.3. The molecule has 0 radical (unpaired) electrons. The van der Waals surface area contributed by atoms with Crippen LogP contribution in [0.3, 0.4) is 0 Å². The zero-order valence-corrected chi connectivity index (χ0v) is 23.3. The van der Waals surface area contributed by atoms with E-state index in [0.29, 0.717) is 11.8 Å². The smallest absolute Gasteiger partial charge is 0.393 e. The summed E-state index contributed by atoms with van der Waals surface area (Å²) in [6, 6.07) is 10.3. The second kappa shape index (κ2) is 13.9. The molecule has 1 unspecified atom stereocenters. The van der Waals surface area contributed by atoms with Crippen LogP contribution in [0.4, 0.5) is 26.3 Å². The van der Waals surface area contributed by atoms with Crippen molar-refractivity contribution in [3.8, 4) is 16.9 Å². The predicted molar refractivity (Wildman–Crippen MR) is 146 cm³/mol. The van der Waals surface area contributed by atoms with E-state index in [0.717, 1.165) is 24.8 Å². The van der Waals surface area contributed by atoms with Crippen molar-refractivity contribution >= 4 is 16.9 Å². The Morgan fingerprint density at radius 3 is 2.33 bits per heavy atom. The molecule has 2 aromatic carbocycles. The van der Waals surface area contributed by atoms with Gasteiger partial charge in [-0.25, -0.2) is 9.59 Å². The van der Waals surface area contributed by atoms with E-state index in [-0.39, 0.29) is 33.6 Å². The van der Waals surface area contributed by atoms with Gasteiger partial charge in [-0.15, -0.1) is 0 Å². The highest BCUT2D eigenvalue weighted by Crippen LogP contribution is 2.32. The highest BCUT2D eigenvalue weighted by molar-refractivity contribution is 5.87. The van der Waals surface area contributed by atoms with Crippen molar-refractivity contribution in [2.45, 2.75) is 64.7 Å². The molecule has 0 aliphatic carbocycles. The summed E-state index contributed by atoms with van der Waals surface area (Å²) in [6.45, 7) is 5.78. The highest BCUT2D eigenvalue weighted by atomic mass is 19.4. The SMILES string of the molecule is C=C(C)C(=O)OCC(COc1ccc2cc(-c3ccc(CCCCC)cc3CC(F)(F)F)c(=O)oc2c1)CC(F)(F)F. The minimum atomic E-state index is -4.53. The summed E-state index contributed by atoms with van der Waals surface area (Å²) in [5.74, 6) is -1.95. The van der Waals surface area contributed by atoms with E-state index in [9.17, 15) is 35.9 Å². The molecule has 5 nitrogen and oxygen atoms in total. The molecule has 0 saturated carbocycles. The number of benzene rings is 2. The molecule has 0 saturated heterocycles. The maximum Gasteiger partial charge on any atom is 0.393 e. The Morgan fingerprint density at radius 1 is 0.952 bits per heavy atom. The fraction of sp³-hybridized carbons (Fsp3) is 0.419. The third-order valence-electron chi connectivity index (χ3n) is 6.43. The maximum atomic E-state index is 13.4. The number of ether oxygens (including phenoxy) is 2. The molecule has 1 aromatic heterocycles. The van der Waals surface area contributed by atoms with Gasteiger partial charge >= 0.3 is 23.9 Å². The van der Waals surface area contributed by atoms with Crippen LogP contribution in [0.1, 0.15) is 50.7 Å². The van der Waals surface area contributed by atoms with Crippen molar-refractivity contribution in [2.24, 2.45) is 5.92 Å². The first-order valence-corrected chi connectivity index (χ1v) is 13.4. The minimum Gasteiger partial charge on any atom is -0.493 e. The Hall–Kier alpha value is -3.76. The van der Waals surface area contributed by atoms with Crippen molar-refractivity contribution in [1.29, 1.82) is 0 Å². The van der Waals surface area contributed by atoms with Crippen molar-refractivity contribution in [1.82, 2.24) is 0 Å². The van der Waals surface area contributed by atoms with Crippen LogP contribution in [0.2, 0.25) is 0 Å². The second-order valence-corrected chi connectivity index (χ2v) is 10.3. The number of halogens is 6. The molecule has 42 heavy (non-hydrogen) atoms. The number of fused-ring (bicyclic) bond motifs is 1. The van der Waals surface area contributed by atoms with Gasteiger partial charge in [0.1, 0.15) is 11.3 Å². The lowest BCUT2D eigenvalue weighted by atomic mass is 9.94. The fourth-order valence-corrected chi connectivity index (χ4v) is 4.40. The quantitative estimate of drug-likeness (QED) is 0.0650. The largest absolute Gasteiger partial charge is 0.493 e. The summed E-state index contributed by atoms with van der Waals surface area (Å²) in [5, 5.41) is 0.379. The predicted octanol–water partition coefficient (Wildman–Crippen LogP) is 8.36. The number of alkyl halides is 6. The Morgan fingerprint density at radius 2 is 1.69 bits per heavy atom. The molecule has 0 aliphatic heterocycles. The number of unbranched alkanes of at least 4 members (excludes halogenated alkanes) is 2. The van der Waals surface area contributed by atoms with E-state index in [1.807, 2.05) is 6.92 Å². The fourth-order valence-electron chi connectivity index (χ4n) is 4.40. The molecular formula is C31H32F6O5. The monoisotopic (exact) mass is 598 g/mol. The lowest BCUT2D eigenvalue weighted by Gasteiger charge is -2.19. The number of carbonyl (C=O) groups excluding carboxylic acids is 1. The number of rotatable bonds is 13. The van der Waals surface area contributed by atoms with Crippen molar-refractivity contribution < 1.29 is 45.0 Å². The number of aryl methyl sites for hydroxylation is 1. The molecule has 0 amide bonds. The van der Waals surface area contributed by atoms with Gasteiger partial charge in [0.25, 0.3) is 0 Å². The minimum absolute atomic E-state index is 0.0360. The van der Waals surface area contributed by atoms with Gasteiger partial charge in [-0.2, -0.15) is 26.3 Å². The van der Waals surface area contributed by atoms with Crippen LogP contribution in [0, 0.1) is 5.92 Å². The van der Waals surface area contributed by atoms with Gasteiger partial charge < -0.3 is 13.9 Å². The standard InChI is InChI=1S/C31H32F6O5/c1-4-5-6-7-20-8-11-25(23(12-20)16-31(35,36)37)26-13-22-9-10-24(14-27(22)42-29(26)39)40-17-21(15-30(32,33)34)18-41-28(38)19(2)3/h8-14,21H,2,4-7,15-18H2,1,3H3. The Kier molecular flexibility index (Phi) is 10.9. The van der Waals surface area contributed by atoms with Crippen LogP contribution < -0.4 is 10.4 Å². The first kappa shape index (κ1) is 32.8. The number of hydrogen-bond acceptors (Lipinski definition) is 5. The molecule has 0 aliphatic rings. The van der Waals surface area contributed by atoms with Crippen molar-refractivity contribution in [2.75, 3.05) is 13.2 Å². The van der Waals surface area contributed by atoms with Crippen LogP contribution in [0.25, 0.3) is 22.1 Å². The molecule has 3 aromatic rings. The second-order valence-electron chi connectivity index (χ2n) is 10.3. The molecule has 0 bridgehead atoms.